The van der Waals surface area contributed by atoms with Crippen LogP contribution in [0, 0.1) is 0 Å². The number of hydrogen-bond acceptors (Lipinski definition) is 7. The van der Waals surface area contributed by atoms with E-state index >= 15 is 0 Å². The van der Waals surface area contributed by atoms with Crippen LogP contribution in [0.2, 0.25) is 0 Å². The average molecular weight is 528 g/mol. The molecular formula is C30H29N3O4S. The Morgan fingerprint density at radius 3 is 2.68 bits per heavy atom. The van der Waals surface area contributed by atoms with Crippen LogP contribution in [0.4, 0.5) is 5.00 Å². The van der Waals surface area contributed by atoms with Crippen LogP contribution in [0.15, 0.2) is 60.7 Å². The normalized spacial score (nSPS) is 16.9. The zero-order valence-corrected chi connectivity index (χ0v) is 22.4. The lowest BCUT2D eigenvalue weighted by Gasteiger charge is -2.31. The summed E-state index contributed by atoms with van der Waals surface area (Å²) >= 11 is 1.67. The molecule has 3 aromatic carbocycles. The van der Waals surface area contributed by atoms with Gasteiger partial charge in [-0.1, -0.05) is 42.5 Å². The SMILES string of the molecule is COc1cc(C2NC(=O)c3c(sc4c3CCN(C(C)C)C4)N2)ccc1OC(=O)c1cccc2ccccc12. The number of esters is 1. The van der Waals surface area contributed by atoms with E-state index in [1.165, 1.54) is 17.6 Å². The average Bonchev–Trinajstić information content (AvgIpc) is 3.31. The number of ether oxygens (including phenoxy) is 2. The molecule has 2 aliphatic rings. The predicted molar refractivity (Wildman–Crippen MR) is 149 cm³/mol. The molecule has 1 unspecified atom stereocenters. The highest BCUT2D eigenvalue weighted by molar-refractivity contribution is 7.16. The molecule has 6 rings (SSSR count). The molecular weight excluding hydrogens is 498 g/mol. The van der Waals surface area contributed by atoms with E-state index in [4.69, 9.17) is 9.47 Å². The third-order valence-corrected chi connectivity index (χ3v) is 8.48. The van der Waals surface area contributed by atoms with E-state index in [1.807, 2.05) is 42.5 Å². The standard InChI is InChI=1S/C30H29N3O4S/c1-17(2)33-14-13-22-25(16-33)38-29-26(22)28(34)31-27(32-29)19-11-12-23(24(15-19)36-3)37-30(35)21-10-6-8-18-7-4-5-9-20(18)21/h4-12,15,17,27,32H,13-14,16H2,1-3H3,(H,31,34). The molecule has 0 bridgehead atoms. The molecule has 7 nitrogen and oxygen atoms in total. The second kappa shape index (κ2) is 9.78. The molecule has 38 heavy (non-hydrogen) atoms. The Balaban J connectivity index is 1.24. The van der Waals surface area contributed by atoms with Crippen LogP contribution < -0.4 is 20.1 Å². The molecule has 2 aliphatic heterocycles. The lowest BCUT2D eigenvalue weighted by atomic mass is 9.99. The van der Waals surface area contributed by atoms with Gasteiger partial charge in [-0.25, -0.2) is 4.79 Å². The van der Waals surface area contributed by atoms with E-state index in [0.717, 1.165) is 46.4 Å². The van der Waals surface area contributed by atoms with Crippen molar-refractivity contribution in [2.45, 2.75) is 39.0 Å². The molecule has 0 saturated carbocycles. The van der Waals surface area contributed by atoms with E-state index in [0.29, 0.717) is 23.1 Å². The topological polar surface area (TPSA) is 79.9 Å². The van der Waals surface area contributed by atoms with Crippen molar-refractivity contribution in [3.63, 3.8) is 0 Å². The molecule has 1 amide bonds. The molecule has 2 N–H and O–H groups in total. The van der Waals surface area contributed by atoms with E-state index < -0.39 is 12.1 Å². The van der Waals surface area contributed by atoms with Crippen LogP contribution in [0.25, 0.3) is 10.8 Å². The summed E-state index contributed by atoms with van der Waals surface area (Å²) in [4.78, 5) is 30.0. The molecule has 8 heteroatoms. The molecule has 0 radical (unpaired) electrons. The summed E-state index contributed by atoms with van der Waals surface area (Å²) in [5, 5.41) is 9.30. The first kappa shape index (κ1) is 24.5. The maximum atomic E-state index is 13.2. The molecule has 0 spiro atoms. The van der Waals surface area contributed by atoms with Crippen molar-refractivity contribution in [3.05, 3.63) is 87.8 Å². The van der Waals surface area contributed by atoms with Crippen LogP contribution in [0.1, 0.15) is 56.7 Å². The second-order valence-corrected chi connectivity index (χ2v) is 11.0. The number of anilines is 1. The highest BCUT2D eigenvalue weighted by Crippen LogP contribution is 2.42. The summed E-state index contributed by atoms with van der Waals surface area (Å²) in [7, 11) is 1.53. The van der Waals surface area contributed by atoms with E-state index in [1.54, 1.807) is 29.5 Å². The van der Waals surface area contributed by atoms with Crippen molar-refractivity contribution in [1.29, 1.82) is 0 Å². The number of nitrogens with one attached hydrogen (secondary N) is 2. The number of amides is 1. The van der Waals surface area contributed by atoms with Crippen molar-refractivity contribution in [2.75, 3.05) is 19.0 Å². The van der Waals surface area contributed by atoms with Gasteiger partial charge in [-0.3, -0.25) is 9.69 Å². The van der Waals surface area contributed by atoms with Gasteiger partial charge in [-0.2, -0.15) is 0 Å². The number of carbonyl (C=O) groups excluding carboxylic acids is 2. The smallest absolute Gasteiger partial charge is 0.344 e. The van der Waals surface area contributed by atoms with Gasteiger partial charge in [0.15, 0.2) is 11.5 Å². The van der Waals surface area contributed by atoms with Gasteiger partial charge in [-0.05, 0) is 60.4 Å². The zero-order chi connectivity index (χ0) is 26.4. The van der Waals surface area contributed by atoms with Crippen molar-refractivity contribution in [2.24, 2.45) is 0 Å². The van der Waals surface area contributed by atoms with E-state index in [2.05, 4.69) is 29.4 Å². The zero-order valence-electron chi connectivity index (χ0n) is 21.5. The van der Waals surface area contributed by atoms with E-state index in [9.17, 15) is 9.59 Å². The van der Waals surface area contributed by atoms with Gasteiger partial charge >= 0.3 is 5.97 Å². The maximum Gasteiger partial charge on any atom is 0.344 e. The van der Waals surface area contributed by atoms with E-state index in [-0.39, 0.29) is 5.91 Å². The second-order valence-electron chi connectivity index (χ2n) is 9.90. The summed E-state index contributed by atoms with van der Waals surface area (Å²) in [6.07, 6.45) is 0.456. The summed E-state index contributed by atoms with van der Waals surface area (Å²) in [6, 6.07) is 19.1. The molecule has 4 aromatic rings. The highest BCUT2D eigenvalue weighted by atomic mass is 32.1. The Labute approximate surface area is 225 Å². The van der Waals surface area contributed by atoms with Crippen LogP contribution in [-0.2, 0) is 13.0 Å². The van der Waals surface area contributed by atoms with Gasteiger partial charge in [0.25, 0.3) is 5.91 Å². The number of nitrogens with zero attached hydrogens (tertiary/aromatic N) is 1. The number of rotatable bonds is 5. The summed E-state index contributed by atoms with van der Waals surface area (Å²) in [5.41, 5.74) is 3.23. The van der Waals surface area contributed by atoms with Crippen molar-refractivity contribution in [3.8, 4) is 11.5 Å². The van der Waals surface area contributed by atoms with Gasteiger partial charge in [0.2, 0.25) is 0 Å². The monoisotopic (exact) mass is 527 g/mol. The maximum absolute atomic E-state index is 13.2. The number of methoxy groups -OCH3 is 1. The van der Waals surface area contributed by atoms with Gasteiger partial charge < -0.3 is 20.1 Å². The number of thiophene rings is 1. The van der Waals surface area contributed by atoms with Gasteiger partial charge in [-0.15, -0.1) is 11.3 Å². The Kier molecular flexibility index (Phi) is 6.29. The molecule has 0 saturated heterocycles. The Hall–Kier alpha value is -3.88. The van der Waals surface area contributed by atoms with Crippen molar-refractivity contribution >= 4 is 39.0 Å². The summed E-state index contributed by atoms with van der Waals surface area (Å²) < 4.78 is 11.3. The number of benzene rings is 3. The number of hydrogen-bond donors (Lipinski definition) is 2. The molecule has 1 aromatic heterocycles. The molecule has 0 aliphatic carbocycles. The van der Waals surface area contributed by atoms with Crippen molar-refractivity contribution < 1.29 is 19.1 Å². The first-order chi connectivity index (χ1) is 18.4. The lowest BCUT2D eigenvalue weighted by Crippen LogP contribution is -2.39. The minimum absolute atomic E-state index is 0.0651. The Morgan fingerprint density at radius 2 is 1.87 bits per heavy atom. The van der Waals surface area contributed by atoms with Crippen LogP contribution in [-0.4, -0.2) is 36.5 Å². The summed E-state index contributed by atoms with van der Waals surface area (Å²) in [6.45, 7) is 6.24. The molecule has 194 valence electrons. The quantitative estimate of drug-likeness (QED) is 0.254. The third-order valence-electron chi connectivity index (χ3n) is 7.33. The number of carbonyl (C=O) groups is 2. The fraction of sp³-hybridized carbons (Fsp3) is 0.267. The largest absolute Gasteiger partial charge is 0.493 e. The molecule has 0 fully saturated rings. The number of fused-ring (bicyclic) bond motifs is 4. The molecule has 3 heterocycles. The first-order valence-electron chi connectivity index (χ1n) is 12.8. The minimum Gasteiger partial charge on any atom is -0.493 e. The molecule has 1 atom stereocenters. The first-order valence-corrected chi connectivity index (χ1v) is 13.6. The fourth-order valence-corrected chi connectivity index (χ4v) is 6.55. The fourth-order valence-electron chi connectivity index (χ4n) is 5.25. The van der Waals surface area contributed by atoms with Gasteiger partial charge in [0, 0.05) is 24.0 Å². The third kappa shape index (κ3) is 4.29. The van der Waals surface area contributed by atoms with Crippen LogP contribution in [0.5, 0.6) is 11.5 Å². The summed E-state index contributed by atoms with van der Waals surface area (Å²) in [5.74, 6) is 0.208. The van der Waals surface area contributed by atoms with Crippen LogP contribution in [0.3, 0.4) is 0 Å². The Bertz CT molecular complexity index is 1560. The van der Waals surface area contributed by atoms with Gasteiger partial charge in [0.1, 0.15) is 11.2 Å². The highest BCUT2D eigenvalue weighted by Gasteiger charge is 2.34. The van der Waals surface area contributed by atoms with Crippen molar-refractivity contribution in [1.82, 2.24) is 10.2 Å². The minimum atomic E-state index is -0.457. The predicted octanol–water partition coefficient (Wildman–Crippen LogP) is 5.75. The Morgan fingerprint density at radius 1 is 1.05 bits per heavy atom. The van der Waals surface area contributed by atoms with Crippen LogP contribution >= 0.6 is 11.3 Å². The van der Waals surface area contributed by atoms with Gasteiger partial charge in [0.05, 0.1) is 18.2 Å². The lowest BCUT2D eigenvalue weighted by molar-refractivity contribution is 0.0731.